The molecule has 92 valence electrons. The molecule has 1 heterocycles. The summed E-state index contributed by atoms with van der Waals surface area (Å²) in [6.07, 6.45) is 7.13. The second kappa shape index (κ2) is 5.11. The Morgan fingerprint density at radius 2 is 2.00 bits per heavy atom. The molecule has 3 rings (SSSR count). The molecule has 2 nitrogen and oxygen atoms in total. The molecule has 0 amide bonds. The van der Waals surface area contributed by atoms with E-state index in [1.54, 1.807) is 6.20 Å². The van der Waals surface area contributed by atoms with E-state index in [4.69, 9.17) is 0 Å². The number of fused-ring (bicyclic) bond motifs is 1. The molecule has 0 spiro atoms. The summed E-state index contributed by atoms with van der Waals surface area (Å²) >= 11 is 3.45. The molecular formula is C15H15BrN2. The van der Waals surface area contributed by atoms with Crippen LogP contribution < -0.4 is 5.32 Å². The van der Waals surface area contributed by atoms with Crippen LogP contribution in [0.4, 0.5) is 5.69 Å². The highest BCUT2D eigenvalue weighted by Crippen LogP contribution is 2.24. The summed E-state index contributed by atoms with van der Waals surface area (Å²) in [4.78, 5) is 4.18. The van der Waals surface area contributed by atoms with E-state index in [9.17, 15) is 0 Å². The third-order valence-corrected chi connectivity index (χ3v) is 3.86. The highest BCUT2D eigenvalue weighted by atomic mass is 79.9. The van der Waals surface area contributed by atoms with Gasteiger partial charge in [0.05, 0.1) is 11.9 Å². The second-order valence-electron chi connectivity index (χ2n) is 4.74. The Morgan fingerprint density at radius 1 is 1.17 bits per heavy atom. The number of benzene rings is 1. The van der Waals surface area contributed by atoms with E-state index in [2.05, 4.69) is 56.6 Å². The van der Waals surface area contributed by atoms with E-state index in [0.717, 1.165) is 23.0 Å². The molecule has 0 saturated heterocycles. The molecule has 0 bridgehead atoms. The van der Waals surface area contributed by atoms with Crippen LogP contribution in [0.1, 0.15) is 17.5 Å². The molecule has 18 heavy (non-hydrogen) atoms. The Labute approximate surface area is 116 Å². The topological polar surface area (TPSA) is 24.9 Å². The minimum absolute atomic E-state index is 0.510. The second-order valence-corrected chi connectivity index (χ2v) is 5.66. The van der Waals surface area contributed by atoms with Gasteiger partial charge in [-0.3, -0.25) is 4.98 Å². The Bertz CT molecular complexity index is 554. The number of rotatable bonds is 2. The number of halogens is 1. The number of aromatic nitrogens is 1. The smallest absolute Gasteiger partial charge is 0.0540 e. The number of hydrogen-bond acceptors (Lipinski definition) is 2. The van der Waals surface area contributed by atoms with Gasteiger partial charge in [0.2, 0.25) is 0 Å². The predicted octanol–water partition coefficient (Wildman–Crippen LogP) is 3.81. The molecule has 1 atom stereocenters. The maximum absolute atomic E-state index is 4.18. The molecule has 0 aliphatic heterocycles. The van der Waals surface area contributed by atoms with Crippen LogP contribution in [0.5, 0.6) is 0 Å². The zero-order valence-electron chi connectivity index (χ0n) is 10.1. The first-order valence-electron chi connectivity index (χ1n) is 6.25. The number of aryl methyl sites for hydroxylation is 1. The zero-order valence-corrected chi connectivity index (χ0v) is 11.7. The fourth-order valence-electron chi connectivity index (χ4n) is 2.55. The van der Waals surface area contributed by atoms with Crippen LogP contribution >= 0.6 is 15.9 Å². The van der Waals surface area contributed by atoms with Gasteiger partial charge < -0.3 is 5.32 Å². The third kappa shape index (κ3) is 2.56. The number of nitrogens with zero attached hydrogens (tertiary/aromatic N) is 1. The normalized spacial score (nSPS) is 18.2. The summed E-state index contributed by atoms with van der Waals surface area (Å²) in [5, 5.41) is 3.57. The molecule has 1 aliphatic rings. The highest BCUT2D eigenvalue weighted by Gasteiger charge is 2.17. The van der Waals surface area contributed by atoms with Crippen molar-refractivity contribution in [2.45, 2.75) is 25.3 Å². The summed E-state index contributed by atoms with van der Waals surface area (Å²) in [5.41, 5.74) is 4.07. The van der Waals surface area contributed by atoms with Gasteiger partial charge in [-0.05, 0) is 52.4 Å². The standard InChI is InChI=1S/C15H15BrN2/c16-13-8-15(10-17-9-13)18-14-6-5-11-3-1-2-4-12(11)7-14/h1-4,8-10,14,18H,5-7H2. The zero-order chi connectivity index (χ0) is 12.4. The van der Waals surface area contributed by atoms with Crippen LogP contribution in [-0.2, 0) is 12.8 Å². The van der Waals surface area contributed by atoms with E-state index >= 15 is 0 Å². The number of anilines is 1. The van der Waals surface area contributed by atoms with Crippen molar-refractivity contribution in [3.05, 3.63) is 58.3 Å². The predicted molar refractivity (Wildman–Crippen MR) is 77.8 cm³/mol. The molecule has 0 saturated carbocycles. The minimum Gasteiger partial charge on any atom is -0.381 e. The van der Waals surface area contributed by atoms with Crippen molar-refractivity contribution in [3.63, 3.8) is 0 Å². The van der Waals surface area contributed by atoms with Crippen molar-refractivity contribution in [1.82, 2.24) is 4.98 Å². The minimum atomic E-state index is 0.510. The first-order valence-corrected chi connectivity index (χ1v) is 7.04. The largest absolute Gasteiger partial charge is 0.381 e. The third-order valence-electron chi connectivity index (χ3n) is 3.42. The molecule has 1 unspecified atom stereocenters. The van der Waals surface area contributed by atoms with Gasteiger partial charge in [0, 0.05) is 16.7 Å². The van der Waals surface area contributed by atoms with Crippen molar-refractivity contribution in [2.24, 2.45) is 0 Å². The molecule has 1 aromatic carbocycles. The van der Waals surface area contributed by atoms with Crippen molar-refractivity contribution < 1.29 is 0 Å². The summed E-state index contributed by atoms with van der Waals surface area (Å²) in [5.74, 6) is 0. The molecular weight excluding hydrogens is 288 g/mol. The lowest BCUT2D eigenvalue weighted by molar-refractivity contribution is 0.610. The SMILES string of the molecule is Brc1cncc(NC2CCc3ccccc3C2)c1. The van der Waals surface area contributed by atoms with Crippen molar-refractivity contribution in [3.8, 4) is 0 Å². The molecule has 1 N–H and O–H groups in total. The first-order chi connectivity index (χ1) is 8.81. The average molecular weight is 303 g/mol. The number of nitrogens with one attached hydrogen (secondary N) is 1. The van der Waals surface area contributed by atoms with Crippen LogP contribution in [0.2, 0.25) is 0 Å². The van der Waals surface area contributed by atoms with Gasteiger partial charge in [-0.15, -0.1) is 0 Å². The van der Waals surface area contributed by atoms with Crippen molar-refractivity contribution in [1.29, 1.82) is 0 Å². The van der Waals surface area contributed by atoms with Crippen LogP contribution in [-0.4, -0.2) is 11.0 Å². The van der Waals surface area contributed by atoms with Crippen molar-refractivity contribution >= 4 is 21.6 Å². The van der Waals surface area contributed by atoms with Crippen LogP contribution in [0.15, 0.2) is 47.2 Å². The Balaban J connectivity index is 1.73. The van der Waals surface area contributed by atoms with Gasteiger partial charge in [-0.25, -0.2) is 0 Å². The van der Waals surface area contributed by atoms with Gasteiger partial charge in [0.15, 0.2) is 0 Å². The number of pyridine rings is 1. The van der Waals surface area contributed by atoms with E-state index in [0.29, 0.717) is 6.04 Å². The Hall–Kier alpha value is -1.35. The molecule has 3 heteroatoms. The van der Waals surface area contributed by atoms with Gasteiger partial charge in [-0.1, -0.05) is 24.3 Å². The maximum Gasteiger partial charge on any atom is 0.0540 e. The highest BCUT2D eigenvalue weighted by molar-refractivity contribution is 9.10. The van der Waals surface area contributed by atoms with Gasteiger partial charge in [-0.2, -0.15) is 0 Å². The van der Waals surface area contributed by atoms with E-state index in [1.807, 2.05) is 6.20 Å². The quantitative estimate of drug-likeness (QED) is 0.912. The lowest BCUT2D eigenvalue weighted by Gasteiger charge is -2.26. The molecule has 0 fully saturated rings. The number of hydrogen-bond donors (Lipinski definition) is 1. The first kappa shape index (κ1) is 11.7. The van der Waals surface area contributed by atoms with Gasteiger partial charge >= 0.3 is 0 Å². The van der Waals surface area contributed by atoms with E-state index in [-0.39, 0.29) is 0 Å². The summed E-state index contributed by atoms with van der Waals surface area (Å²) in [6.45, 7) is 0. The summed E-state index contributed by atoms with van der Waals surface area (Å²) in [7, 11) is 0. The molecule has 1 aromatic heterocycles. The fourth-order valence-corrected chi connectivity index (χ4v) is 2.91. The van der Waals surface area contributed by atoms with E-state index < -0.39 is 0 Å². The van der Waals surface area contributed by atoms with Gasteiger partial charge in [0.1, 0.15) is 0 Å². The summed E-state index contributed by atoms with van der Waals surface area (Å²) in [6, 6.07) is 11.3. The monoisotopic (exact) mass is 302 g/mol. The fraction of sp³-hybridized carbons (Fsp3) is 0.267. The molecule has 0 radical (unpaired) electrons. The van der Waals surface area contributed by atoms with Crippen molar-refractivity contribution in [2.75, 3.05) is 5.32 Å². The van der Waals surface area contributed by atoms with Crippen LogP contribution in [0, 0.1) is 0 Å². The van der Waals surface area contributed by atoms with Crippen LogP contribution in [0.25, 0.3) is 0 Å². The van der Waals surface area contributed by atoms with E-state index in [1.165, 1.54) is 17.5 Å². The average Bonchev–Trinajstić information content (AvgIpc) is 2.39. The maximum atomic E-state index is 4.18. The Morgan fingerprint density at radius 3 is 2.83 bits per heavy atom. The van der Waals surface area contributed by atoms with Crippen LogP contribution in [0.3, 0.4) is 0 Å². The lowest BCUT2D eigenvalue weighted by atomic mass is 9.88. The Kier molecular flexibility index (Phi) is 3.33. The molecule has 2 aromatic rings. The van der Waals surface area contributed by atoms with Gasteiger partial charge in [0.25, 0.3) is 0 Å². The molecule has 1 aliphatic carbocycles. The lowest BCUT2D eigenvalue weighted by Crippen LogP contribution is -2.27. The summed E-state index contributed by atoms with van der Waals surface area (Å²) < 4.78 is 1.02.